The second-order valence-corrected chi connectivity index (χ2v) is 5.08. The average molecular weight is 276 g/mol. The molecular weight excluding hydrogens is 257 g/mol. The predicted octanol–water partition coefficient (Wildman–Crippen LogP) is 3.39. The molecule has 1 aromatic heterocycles. The van der Waals surface area contributed by atoms with Crippen molar-refractivity contribution in [2.24, 2.45) is 5.41 Å². The SMILES string of the molecule is CCC(C)(C)CNc1cc(C(F)(F)F)nc(NC)n1. The molecule has 4 nitrogen and oxygen atoms in total. The van der Waals surface area contributed by atoms with Crippen molar-refractivity contribution in [3.8, 4) is 0 Å². The summed E-state index contributed by atoms with van der Waals surface area (Å²) in [5, 5.41) is 5.46. The molecule has 1 rings (SSSR count). The molecule has 0 atom stereocenters. The minimum absolute atomic E-state index is 0.0108. The molecule has 1 heterocycles. The normalized spacial score (nSPS) is 12.4. The Kier molecular flexibility index (Phi) is 4.60. The lowest BCUT2D eigenvalue weighted by Crippen LogP contribution is -2.23. The summed E-state index contributed by atoms with van der Waals surface area (Å²) in [5.41, 5.74) is -0.966. The summed E-state index contributed by atoms with van der Waals surface area (Å²) in [6, 6.07) is 0.923. The van der Waals surface area contributed by atoms with Crippen molar-refractivity contribution in [2.45, 2.75) is 33.4 Å². The first kappa shape index (κ1) is 15.5. The zero-order chi connectivity index (χ0) is 14.7. The Labute approximate surface area is 110 Å². The molecular formula is C12H19F3N4. The van der Waals surface area contributed by atoms with Gasteiger partial charge in [0.25, 0.3) is 0 Å². The Balaban J connectivity index is 2.95. The summed E-state index contributed by atoms with van der Waals surface area (Å²) < 4.78 is 38.0. The molecule has 0 aliphatic carbocycles. The van der Waals surface area contributed by atoms with Gasteiger partial charge >= 0.3 is 6.18 Å². The van der Waals surface area contributed by atoms with E-state index in [9.17, 15) is 13.2 Å². The number of anilines is 2. The van der Waals surface area contributed by atoms with E-state index in [1.54, 1.807) is 0 Å². The minimum atomic E-state index is -4.48. The topological polar surface area (TPSA) is 49.8 Å². The van der Waals surface area contributed by atoms with Crippen molar-refractivity contribution in [3.05, 3.63) is 11.8 Å². The van der Waals surface area contributed by atoms with E-state index < -0.39 is 11.9 Å². The van der Waals surface area contributed by atoms with E-state index in [0.717, 1.165) is 12.5 Å². The van der Waals surface area contributed by atoms with Gasteiger partial charge < -0.3 is 10.6 Å². The Morgan fingerprint density at radius 3 is 2.32 bits per heavy atom. The molecule has 0 saturated carbocycles. The molecule has 0 spiro atoms. The van der Waals surface area contributed by atoms with Crippen LogP contribution < -0.4 is 10.6 Å². The van der Waals surface area contributed by atoms with Crippen LogP contribution in [0.15, 0.2) is 6.07 Å². The van der Waals surface area contributed by atoms with E-state index in [2.05, 4.69) is 20.6 Å². The largest absolute Gasteiger partial charge is 0.433 e. The number of nitrogens with one attached hydrogen (secondary N) is 2. The highest BCUT2D eigenvalue weighted by Gasteiger charge is 2.33. The molecule has 2 N–H and O–H groups in total. The fourth-order valence-electron chi connectivity index (χ4n) is 1.25. The van der Waals surface area contributed by atoms with Crippen molar-refractivity contribution in [3.63, 3.8) is 0 Å². The zero-order valence-electron chi connectivity index (χ0n) is 11.5. The number of alkyl halides is 3. The number of rotatable bonds is 5. The van der Waals surface area contributed by atoms with Crippen LogP contribution in [0.4, 0.5) is 24.9 Å². The van der Waals surface area contributed by atoms with Crippen LogP contribution in [0.25, 0.3) is 0 Å². The Morgan fingerprint density at radius 2 is 1.84 bits per heavy atom. The van der Waals surface area contributed by atoms with Gasteiger partial charge in [-0.05, 0) is 11.8 Å². The summed E-state index contributed by atoms with van der Waals surface area (Å²) in [6.07, 6.45) is -3.57. The van der Waals surface area contributed by atoms with Gasteiger partial charge in [-0.25, -0.2) is 4.98 Å². The molecule has 0 aromatic carbocycles. The third-order valence-electron chi connectivity index (χ3n) is 2.95. The Bertz CT molecular complexity index is 429. The molecule has 108 valence electrons. The van der Waals surface area contributed by atoms with Crippen molar-refractivity contribution in [2.75, 3.05) is 24.2 Å². The second-order valence-electron chi connectivity index (χ2n) is 5.08. The lowest BCUT2D eigenvalue weighted by atomic mass is 9.90. The van der Waals surface area contributed by atoms with Crippen molar-refractivity contribution >= 4 is 11.8 Å². The lowest BCUT2D eigenvalue weighted by molar-refractivity contribution is -0.141. The standard InChI is InChI=1S/C12H19F3N4/c1-5-11(2,3)7-17-9-6-8(12(13,14)15)18-10(16-4)19-9/h6H,5,7H2,1-4H3,(H2,16,17,18,19). The fourth-order valence-corrected chi connectivity index (χ4v) is 1.25. The molecule has 0 aliphatic rings. The van der Waals surface area contributed by atoms with Gasteiger partial charge in [0.05, 0.1) is 0 Å². The van der Waals surface area contributed by atoms with Crippen molar-refractivity contribution in [1.29, 1.82) is 0 Å². The van der Waals surface area contributed by atoms with Gasteiger partial charge in [-0.2, -0.15) is 18.2 Å². The van der Waals surface area contributed by atoms with Crippen LogP contribution in [-0.4, -0.2) is 23.6 Å². The van der Waals surface area contributed by atoms with Crippen molar-refractivity contribution < 1.29 is 13.2 Å². The molecule has 7 heteroatoms. The van der Waals surface area contributed by atoms with Gasteiger partial charge in [0.1, 0.15) is 5.82 Å². The van der Waals surface area contributed by atoms with E-state index in [-0.39, 0.29) is 17.2 Å². The van der Waals surface area contributed by atoms with E-state index in [0.29, 0.717) is 6.54 Å². The highest BCUT2D eigenvalue weighted by Crippen LogP contribution is 2.30. The highest BCUT2D eigenvalue weighted by molar-refractivity contribution is 5.43. The van der Waals surface area contributed by atoms with Gasteiger partial charge in [0.2, 0.25) is 5.95 Å². The maximum Gasteiger partial charge on any atom is 0.433 e. The molecule has 0 aliphatic heterocycles. The summed E-state index contributed by atoms with van der Waals surface area (Å²) in [6.45, 7) is 6.64. The fraction of sp³-hybridized carbons (Fsp3) is 0.667. The third-order valence-corrected chi connectivity index (χ3v) is 2.95. The molecule has 0 amide bonds. The van der Waals surface area contributed by atoms with E-state index in [1.807, 2.05) is 20.8 Å². The van der Waals surface area contributed by atoms with Crippen molar-refractivity contribution in [1.82, 2.24) is 9.97 Å². The second kappa shape index (κ2) is 5.63. The quantitative estimate of drug-likeness (QED) is 0.865. The van der Waals surface area contributed by atoms with Gasteiger partial charge in [-0.3, -0.25) is 0 Å². The monoisotopic (exact) mass is 276 g/mol. The van der Waals surface area contributed by atoms with Gasteiger partial charge in [-0.15, -0.1) is 0 Å². The molecule has 1 aromatic rings. The molecule has 0 fully saturated rings. The third kappa shape index (κ3) is 4.57. The Hall–Kier alpha value is -1.53. The highest BCUT2D eigenvalue weighted by atomic mass is 19.4. The van der Waals surface area contributed by atoms with Crippen LogP contribution in [0.3, 0.4) is 0 Å². The summed E-state index contributed by atoms with van der Waals surface area (Å²) in [7, 11) is 1.48. The summed E-state index contributed by atoms with van der Waals surface area (Å²) in [4.78, 5) is 7.37. The van der Waals surface area contributed by atoms with E-state index in [1.165, 1.54) is 7.05 Å². The maximum absolute atomic E-state index is 12.7. The molecule has 0 unspecified atom stereocenters. The first-order valence-corrected chi connectivity index (χ1v) is 6.06. The number of hydrogen-bond acceptors (Lipinski definition) is 4. The van der Waals surface area contributed by atoms with E-state index >= 15 is 0 Å². The van der Waals surface area contributed by atoms with Crippen LogP contribution in [0, 0.1) is 5.41 Å². The number of nitrogens with zero attached hydrogens (tertiary/aromatic N) is 2. The first-order valence-electron chi connectivity index (χ1n) is 6.06. The minimum Gasteiger partial charge on any atom is -0.369 e. The predicted molar refractivity (Wildman–Crippen MR) is 69.1 cm³/mol. The molecule has 0 saturated heterocycles. The van der Waals surface area contributed by atoms with Crippen LogP contribution in [0.1, 0.15) is 32.9 Å². The molecule has 19 heavy (non-hydrogen) atoms. The summed E-state index contributed by atoms with van der Waals surface area (Å²) in [5.74, 6) is 0.125. The van der Waals surface area contributed by atoms with Gasteiger partial charge in [-0.1, -0.05) is 20.8 Å². The van der Waals surface area contributed by atoms with E-state index in [4.69, 9.17) is 0 Å². The summed E-state index contributed by atoms with van der Waals surface area (Å²) >= 11 is 0. The molecule has 0 bridgehead atoms. The van der Waals surface area contributed by atoms with Crippen LogP contribution >= 0.6 is 0 Å². The van der Waals surface area contributed by atoms with Crippen LogP contribution in [0.2, 0.25) is 0 Å². The maximum atomic E-state index is 12.7. The smallest absolute Gasteiger partial charge is 0.369 e. The van der Waals surface area contributed by atoms with Crippen LogP contribution in [0.5, 0.6) is 0 Å². The Morgan fingerprint density at radius 1 is 1.21 bits per heavy atom. The van der Waals surface area contributed by atoms with Gasteiger partial charge in [0, 0.05) is 19.7 Å². The number of hydrogen-bond donors (Lipinski definition) is 2. The lowest BCUT2D eigenvalue weighted by Gasteiger charge is -2.23. The number of aromatic nitrogens is 2. The first-order chi connectivity index (χ1) is 8.68. The zero-order valence-corrected chi connectivity index (χ0v) is 11.5. The van der Waals surface area contributed by atoms with Crippen LogP contribution in [-0.2, 0) is 6.18 Å². The molecule has 0 radical (unpaired) electrons. The average Bonchev–Trinajstić information content (AvgIpc) is 2.35. The van der Waals surface area contributed by atoms with Gasteiger partial charge in [0.15, 0.2) is 5.69 Å². The number of halogens is 3.